The van der Waals surface area contributed by atoms with Crippen molar-refractivity contribution in [2.24, 2.45) is 5.73 Å². The summed E-state index contributed by atoms with van der Waals surface area (Å²) in [5.41, 5.74) is 5.20. The number of nitrogens with one attached hydrogen (secondary N) is 1. The second-order valence-corrected chi connectivity index (χ2v) is 2.88. The molecule has 0 unspecified atom stereocenters. The standard InChI is InChI=1S/C8H16N2O4/c9-4-1-2-7(12)10-5-3-6(11)8(13)14/h6,11H,1-5,9H2,(H,10,12)(H,13,14)/t6-/m0/s1. The highest BCUT2D eigenvalue weighted by Gasteiger charge is 2.12. The molecule has 0 heterocycles. The van der Waals surface area contributed by atoms with E-state index in [9.17, 15) is 9.59 Å². The number of carboxylic acids is 1. The largest absolute Gasteiger partial charge is 0.479 e. The fourth-order valence-corrected chi connectivity index (χ4v) is 0.823. The van der Waals surface area contributed by atoms with Gasteiger partial charge in [-0.15, -0.1) is 0 Å². The number of nitrogens with two attached hydrogens (primary N) is 1. The number of hydrogen-bond acceptors (Lipinski definition) is 4. The number of aliphatic carboxylic acids is 1. The maximum absolute atomic E-state index is 11.0. The molecule has 0 bridgehead atoms. The molecular weight excluding hydrogens is 188 g/mol. The molecule has 14 heavy (non-hydrogen) atoms. The molecule has 0 rings (SSSR count). The predicted molar refractivity (Wildman–Crippen MR) is 49.6 cm³/mol. The van der Waals surface area contributed by atoms with E-state index in [2.05, 4.69) is 5.32 Å². The molecule has 6 heteroatoms. The molecule has 82 valence electrons. The smallest absolute Gasteiger partial charge is 0.332 e. The van der Waals surface area contributed by atoms with Crippen molar-refractivity contribution in [3.63, 3.8) is 0 Å². The lowest BCUT2D eigenvalue weighted by Gasteiger charge is -2.06. The summed E-state index contributed by atoms with van der Waals surface area (Å²) in [4.78, 5) is 21.1. The minimum Gasteiger partial charge on any atom is -0.479 e. The third-order valence-electron chi connectivity index (χ3n) is 1.63. The quantitative estimate of drug-likeness (QED) is 0.410. The monoisotopic (exact) mass is 204 g/mol. The van der Waals surface area contributed by atoms with Crippen LogP contribution >= 0.6 is 0 Å². The van der Waals surface area contributed by atoms with Gasteiger partial charge in [-0.25, -0.2) is 4.79 Å². The first-order valence-electron chi connectivity index (χ1n) is 4.45. The summed E-state index contributed by atoms with van der Waals surface area (Å²) in [6, 6.07) is 0. The fourth-order valence-electron chi connectivity index (χ4n) is 0.823. The Bertz CT molecular complexity index is 196. The van der Waals surface area contributed by atoms with Crippen LogP contribution in [-0.4, -0.2) is 41.3 Å². The van der Waals surface area contributed by atoms with Gasteiger partial charge in [0.25, 0.3) is 0 Å². The molecule has 0 fully saturated rings. The molecule has 0 saturated heterocycles. The van der Waals surface area contributed by atoms with E-state index in [4.69, 9.17) is 15.9 Å². The van der Waals surface area contributed by atoms with Crippen LogP contribution in [0.15, 0.2) is 0 Å². The molecule has 1 atom stereocenters. The lowest BCUT2D eigenvalue weighted by atomic mass is 10.2. The summed E-state index contributed by atoms with van der Waals surface area (Å²) in [6.45, 7) is 0.613. The van der Waals surface area contributed by atoms with Crippen LogP contribution in [0.4, 0.5) is 0 Å². The zero-order chi connectivity index (χ0) is 11.0. The van der Waals surface area contributed by atoms with Crippen LogP contribution in [0.2, 0.25) is 0 Å². The highest BCUT2D eigenvalue weighted by atomic mass is 16.4. The van der Waals surface area contributed by atoms with Crippen LogP contribution in [0.1, 0.15) is 19.3 Å². The Morgan fingerprint density at radius 3 is 2.57 bits per heavy atom. The molecule has 0 aliphatic rings. The van der Waals surface area contributed by atoms with Crippen molar-refractivity contribution >= 4 is 11.9 Å². The second kappa shape index (κ2) is 7.28. The summed E-state index contributed by atoms with van der Waals surface area (Å²) >= 11 is 0. The summed E-state index contributed by atoms with van der Waals surface area (Å²) in [7, 11) is 0. The molecule has 0 aromatic carbocycles. The van der Waals surface area contributed by atoms with Gasteiger partial charge >= 0.3 is 5.97 Å². The third-order valence-corrected chi connectivity index (χ3v) is 1.63. The van der Waals surface area contributed by atoms with Gasteiger partial charge in [-0.2, -0.15) is 0 Å². The van der Waals surface area contributed by atoms with Gasteiger partial charge in [0.05, 0.1) is 0 Å². The minimum atomic E-state index is -1.41. The van der Waals surface area contributed by atoms with Crippen LogP contribution < -0.4 is 11.1 Å². The number of rotatable bonds is 7. The number of amides is 1. The zero-order valence-corrected chi connectivity index (χ0v) is 7.90. The molecule has 0 saturated carbocycles. The van der Waals surface area contributed by atoms with Gasteiger partial charge in [0, 0.05) is 19.4 Å². The Morgan fingerprint density at radius 2 is 2.07 bits per heavy atom. The Balaban J connectivity index is 3.44. The van der Waals surface area contributed by atoms with Crippen LogP contribution in [-0.2, 0) is 9.59 Å². The van der Waals surface area contributed by atoms with E-state index in [0.717, 1.165) is 0 Å². The van der Waals surface area contributed by atoms with Crippen LogP contribution in [0.5, 0.6) is 0 Å². The van der Waals surface area contributed by atoms with Gasteiger partial charge < -0.3 is 21.3 Å². The lowest BCUT2D eigenvalue weighted by Crippen LogP contribution is -2.30. The van der Waals surface area contributed by atoms with Crippen molar-refractivity contribution in [2.45, 2.75) is 25.4 Å². The number of aliphatic hydroxyl groups is 1. The Labute approximate surface area is 82.1 Å². The maximum Gasteiger partial charge on any atom is 0.332 e. The van der Waals surface area contributed by atoms with Crippen molar-refractivity contribution in [3.8, 4) is 0 Å². The normalized spacial score (nSPS) is 12.1. The second-order valence-electron chi connectivity index (χ2n) is 2.88. The molecule has 0 aromatic heterocycles. The van der Waals surface area contributed by atoms with E-state index in [1.54, 1.807) is 0 Å². The average molecular weight is 204 g/mol. The molecule has 1 amide bonds. The summed E-state index contributed by atoms with van der Waals surface area (Å²) < 4.78 is 0. The van der Waals surface area contributed by atoms with Gasteiger partial charge in [0.15, 0.2) is 6.10 Å². The topological polar surface area (TPSA) is 113 Å². The van der Waals surface area contributed by atoms with Gasteiger partial charge in [-0.3, -0.25) is 4.79 Å². The third kappa shape index (κ3) is 6.38. The first-order chi connectivity index (χ1) is 6.57. The van der Waals surface area contributed by atoms with E-state index in [1.807, 2.05) is 0 Å². The Kier molecular flexibility index (Phi) is 6.69. The zero-order valence-electron chi connectivity index (χ0n) is 7.90. The Hall–Kier alpha value is -1.14. The molecule has 6 nitrogen and oxygen atoms in total. The van der Waals surface area contributed by atoms with Crippen molar-refractivity contribution in [1.29, 1.82) is 0 Å². The van der Waals surface area contributed by atoms with E-state index < -0.39 is 12.1 Å². The molecule has 0 aromatic rings. The van der Waals surface area contributed by atoms with Crippen molar-refractivity contribution in [2.75, 3.05) is 13.1 Å². The van der Waals surface area contributed by atoms with Crippen molar-refractivity contribution < 1.29 is 19.8 Å². The summed E-state index contributed by atoms with van der Waals surface area (Å²) in [5, 5.41) is 19.6. The average Bonchev–Trinajstić information content (AvgIpc) is 2.14. The number of carbonyl (C=O) groups is 2. The van der Waals surface area contributed by atoms with Gasteiger partial charge in [0.2, 0.25) is 5.91 Å². The molecule has 0 aliphatic heterocycles. The SMILES string of the molecule is NCCCC(=O)NCC[C@H](O)C(=O)O. The molecule has 0 spiro atoms. The number of carbonyl (C=O) groups excluding carboxylic acids is 1. The van der Waals surface area contributed by atoms with E-state index >= 15 is 0 Å². The maximum atomic E-state index is 11.0. The Morgan fingerprint density at radius 1 is 1.43 bits per heavy atom. The molecular formula is C8H16N2O4. The van der Waals surface area contributed by atoms with Crippen LogP contribution in [0.25, 0.3) is 0 Å². The molecule has 0 radical (unpaired) electrons. The first kappa shape index (κ1) is 12.9. The van der Waals surface area contributed by atoms with E-state index in [0.29, 0.717) is 19.4 Å². The fraction of sp³-hybridized carbons (Fsp3) is 0.750. The van der Waals surface area contributed by atoms with E-state index in [-0.39, 0.29) is 18.9 Å². The van der Waals surface area contributed by atoms with Crippen molar-refractivity contribution in [3.05, 3.63) is 0 Å². The molecule has 5 N–H and O–H groups in total. The summed E-state index contributed by atoms with van der Waals surface area (Å²) in [5.74, 6) is -1.45. The van der Waals surface area contributed by atoms with E-state index in [1.165, 1.54) is 0 Å². The van der Waals surface area contributed by atoms with Gasteiger partial charge in [-0.05, 0) is 13.0 Å². The number of hydrogen-bond donors (Lipinski definition) is 4. The lowest BCUT2D eigenvalue weighted by molar-refractivity contribution is -0.147. The number of carboxylic acid groups (broad SMARTS) is 1. The van der Waals surface area contributed by atoms with Gasteiger partial charge in [0.1, 0.15) is 0 Å². The van der Waals surface area contributed by atoms with Crippen LogP contribution in [0, 0.1) is 0 Å². The highest BCUT2D eigenvalue weighted by molar-refractivity contribution is 5.76. The van der Waals surface area contributed by atoms with Crippen LogP contribution in [0.3, 0.4) is 0 Å². The molecule has 0 aliphatic carbocycles. The first-order valence-corrected chi connectivity index (χ1v) is 4.45. The minimum absolute atomic E-state index is 0.0176. The van der Waals surface area contributed by atoms with Gasteiger partial charge in [-0.1, -0.05) is 0 Å². The number of aliphatic hydroxyl groups excluding tert-OH is 1. The highest BCUT2D eigenvalue weighted by Crippen LogP contribution is 1.91. The summed E-state index contributed by atoms with van der Waals surface area (Å²) in [6.07, 6.45) is -0.457. The predicted octanol–water partition coefficient (Wildman–Crippen LogP) is -1.32. The van der Waals surface area contributed by atoms with Crippen molar-refractivity contribution in [1.82, 2.24) is 5.32 Å².